The summed E-state index contributed by atoms with van der Waals surface area (Å²) in [7, 11) is 0. The SMILES string of the molecule is CCCOC(=O)c1ccc(NC(=O)CCCC(=O)OCC(=O)Nc2ccccc2Cl)cc1. The van der Waals surface area contributed by atoms with E-state index in [-0.39, 0.29) is 25.2 Å². The molecule has 0 aliphatic heterocycles. The van der Waals surface area contributed by atoms with Crippen LogP contribution >= 0.6 is 11.6 Å². The van der Waals surface area contributed by atoms with Gasteiger partial charge in [-0.25, -0.2) is 4.79 Å². The van der Waals surface area contributed by atoms with Crippen LogP contribution < -0.4 is 10.6 Å². The molecule has 0 saturated carbocycles. The van der Waals surface area contributed by atoms with Crippen molar-refractivity contribution in [3.63, 3.8) is 0 Å². The molecule has 0 aliphatic carbocycles. The summed E-state index contributed by atoms with van der Waals surface area (Å²) in [5, 5.41) is 5.61. The second kappa shape index (κ2) is 13.1. The number of halogens is 1. The molecule has 0 fully saturated rings. The first-order valence-corrected chi connectivity index (χ1v) is 10.5. The molecular formula is C23H25ClN2O6. The summed E-state index contributed by atoms with van der Waals surface area (Å²) in [6, 6.07) is 13.1. The Bertz CT molecular complexity index is 946. The summed E-state index contributed by atoms with van der Waals surface area (Å²) < 4.78 is 9.95. The standard InChI is InChI=1S/C23H25ClN2O6/c1-2-14-31-23(30)16-10-12-17(13-11-16)25-20(27)8-5-9-22(29)32-15-21(28)26-19-7-4-3-6-18(19)24/h3-4,6-7,10-13H,2,5,8-9,14-15H2,1H3,(H,25,27)(H,26,28). The van der Waals surface area contributed by atoms with Gasteiger partial charge in [-0.2, -0.15) is 0 Å². The third-order valence-electron chi connectivity index (χ3n) is 4.14. The topological polar surface area (TPSA) is 111 Å². The van der Waals surface area contributed by atoms with Gasteiger partial charge in [0, 0.05) is 18.5 Å². The number of carbonyl (C=O) groups excluding carboxylic acids is 4. The average molecular weight is 461 g/mol. The minimum Gasteiger partial charge on any atom is -0.462 e. The van der Waals surface area contributed by atoms with Crippen molar-refractivity contribution < 1.29 is 28.7 Å². The summed E-state index contributed by atoms with van der Waals surface area (Å²) in [4.78, 5) is 47.4. The van der Waals surface area contributed by atoms with Crippen molar-refractivity contribution in [3.8, 4) is 0 Å². The first-order valence-electron chi connectivity index (χ1n) is 10.2. The molecule has 8 nitrogen and oxygen atoms in total. The molecule has 2 rings (SSSR count). The van der Waals surface area contributed by atoms with E-state index >= 15 is 0 Å². The minimum atomic E-state index is -0.581. The highest BCUT2D eigenvalue weighted by molar-refractivity contribution is 6.33. The van der Waals surface area contributed by atoms with Gasteiger partial charge in [-0.3, -0.25) is 14.4 Å². The summed E-state index contributed by atoms with van der Waals surface area (Å²) in [6.45, 7) is 1.82. The van der Waals surface area contributed by atoms with Gasteiger partial charge in [0.15, 0.2) is 6.61 Å². The van der Waals surface area contributed by atoms with Crippen LogP contribution in [0, 0.1) is 0 Å². The van der Waals surface area contributed by atoms with Crippen LogP contribution in [0.2, 0.25) is 5.02 Å². The fourth-order valence-electron chi connectivity index (χ4n) is 2.55. The number of anilines is 2. The van der Waals surface area contributed by atoms with Crippen molar-refractivity contribution in [2.24, 2.45) is 0 Å². The Kier molecular flexibility index (Phi) is 10.2. The molecule has 0 aromatic heterocycles. The van der Waals surface area contributed by atoms with Crippen LogP contribution in [0.5, 0.6) is 0 Å². The Morgan fingerprint density at radius 2 is 1.59 bits per heavy atom. The van der Waals surface area contributed by atoms with Crippen molar-refractivity contribution in [1.29, 1.82) is 0 Å². The number of hydrogen-bond acceptors (Lipinski definition) is 6. The van der Waals surface area contributed by atoms with Crippen molar-refractivity contribution in [2.45, 2.75) is 32.6 Å². The number of para-hydroxylation sites is 1. The van der Waals surface area contributed by atoms with Gasteiger partial charge >= 0.3 is 11.9 Å². The van der Waals surface area contributed by atoms with E-state index in [1.807, 2.05) is 6.92 Å². The smallest absolute Gasteiger partial charge is 0.338 e. The van der Waals surface area contributed by atoms with E-state index in [1.54, 1.807) is 48.5 Å². The summed E-state index contributed by atoms with van der Waals surface area (Å²) in [5.74, 6) is -1.78. The molecule has 0 saturated heterocycles. The lowest BCUT2D eigenvalue weighted by Gasteiger charge is -2.08. The quantitative estimate of drug-likeness (QED) is 0.486. The van der Waals surface area contributed by atoms with Gasteiger partial charge in [-0.05, 0) is 49.2 Å². The van der Waals surface area contributed by atoms with Crippen molar-refractivity contribution in [3.05, 3.63) is 59.1 Å². The van der Waals surface area contributed by atoms with E-state index < -0.39 is 24.5 Å². The number of rotatable bonds is 11. The lowest BCUT2D eigenvalue weighted by Crippen LogP contribution is -2.21. The zero-order chi connectivity index (χ0) is 23.3. The van der Waals surface area contributed by atoms with Crippen LogP contribution in [-0.2, 0) is 23.9 Å². The molecule has 170 valence electrons. The molecule has 0 atom stereocenters. The first kappa shape index (κ1) is 24.9. The van der Waals surface area contributed by atoms with Gasteiger partial charge < -0.3 is 20.1 Å². The average Bonchev–Trinajstić information content (AvgIpc) is 2.78. The number of hydrogen-bond donors (Lipinski definition) is 2. The number of ether oxygens (including phenoxy) is 2. The van der Waals surface area contributed by atoms with Crippen molar-refractivity contribution in [2.75, 3.05) is 23.8 Å². The molecule has 0 unspecified atom stereocenters. The highest BCUT2D eigenvalue weighted by atomic mass is 35.5. The zero-order valence-corrected chi connectivity index (χ0v) is 18.4. The van der Waals surface area contributed by atoms with Crippen molar-refractivity contribution >= 4 is 46.7 Å². The fraction of sp³-hybridized carbons (Fsp3) is 0.304. The number of benzene rings is 2. The maximum absolute atomic E-state index is 12.0. The third-order valence-corrected chi connectivity index (χ3v) is 4.47. The minimum absolute atomic E-state index is 0.00496. The number of nitrogens with one attached hydrogen (secondary N) is 2. The van der Waals surface area contributed by atoms with Gasteiger partial charge in [0.25, 0.3) is 5.91 Å². The van der Waals surface area contributed by atoms with Crippen LogP contribution in [0.15, 0.2) is 48.5 Å². The third kappa shape index (κ3) is 8.77. The maximum atomic E-state index is 12.0. The number of carbonyl (C=O) groups is 4. The zero-order valence-electron chi connectivity index (χ0n) is 17.7. The predicted octanol–water partition coefficient (Wildman–Crippen LogP) is 4.20. The first-order chi connectivity index (χ1) is 15.4. The molecule has 2 aromatic carbocycles. The number of amides is 2. The van der Waals surface area contributed by atoms with E-state index in [9.17, 15) is 19.2 Å². The lowest BCUT2D eigenvalue weighted by atomic mass is 10.2. The van der Waals surface area contributed by atoms with E-state index in [0.29, 0.717) is 28.6 Å². The van der Waals surface area contributed by atoms with E-state index in [4.69, 9.17) is 21.1 Å². The van der Waals surface area contributed by atoms with Gasteiger partial charge in [-0.1, -0.05) is 30.7 Å². The molecule has 0 spiro atoms. The number of esters is 2. The van der Waals surface area contributed by atoms with E-state index in [0.717, 1.165) is 6.42 Å². The highest BCUT2D eigenvalue weighted by Gasteiger charge is 2.11. The molecule has 9 heteroatoms. The normalized spacial score (nSPS) is 10.2. The molecule has 2 aromatic rings. The fourth-order valence-corrected chi connectivity index (χ4v) is 2.73. The largest absolute Gasteiger partial charge is 0.462 e. The Hall–Kier alpha value is -3.39. The second-order valence-corrected chi connectivity index (χ2v) is 7.21. The maximum Gasteiger partial charge on any atom is 0.338 e. The molecule has 2 amide bonds. The Morgan fingerprint density at radius 1 is 0.875 bits per heavy atom. The van der Waals surface area contributed by atoms with Crippen LogP contribution in [0.4, 0.5) is 11.4 Å². The van der Waals surface area contributed by atoms with Crippen molar-refractivity contribution in [1.82, 2.24) is 0 Å². The van der Waals surface area contributed by atoms with Gasteiger partial charge in [0.1, 0.15) is 0 Å². The van der Waals surface area contributed by atoms with Crippen LogP contribution in [-0.4, -0.2) is 37.0 Å². The van der Waals surface area contributed by atoms with Gasteiger partial charge in [-0.15, -0.1) is 0 Å². The van der Waals surface area contributed by atoms with E-state index in [2.05, 4.69) is 10.6 Å². The molecule has 0 heterocycles. The monoisotopic (exact) mass is 460 g/mol. The molecule has 0 radical (unpaired) electrons. The summed E-state index contributed by atoms with van der Waals surface area (Å²) in [6.07, 6.45) is 1.09. The van der Waals surface area contributed by atoms with E-state index in [1.165, 1.54) is 0 Å². The molecule has 0 aliphatic rings. The summed E-state index contributed by atoms with van der Waals surface area (Å²) in [5.41, 5.74) is 1.36. The van der Waals surface area contributed by atoms with Gasteiger partial charge in [0.05, 0.1) is 22.9 Å². The predicted molar refractivity (Wildman–Crippen MR) is 121 cm³/mol. The Labute approximate surface area is 191 Å². The second-order valence-electron chi connectivity index (χ2n) is 6.80. The summed E-state index contributed by atoms with van der Waals surface area (Å²) >= 11 is 5.95. The van der Waals surface area contributed by atoms with Crippen LogP contribution in [0.1, 0.15) is 43.0 Å². The van der Waals surface area contributed by atoms with Crippen LogP contribution in [0.3, 0.4) is 0 Å². The van der Waals surface area contributed by atoms with Gasteiger partial charge in [0.2, 0.25) is 5.91 Å². The van der Waals surface area contributed by atoms with Crippen LogP contribution in [0.25, 0.3) is 0 Å². The molecule has 32 heavy (non-hydrogen) atoms. The molecule has 0 bridgehead atoms. The Morgan fingerprint density at radius 3 is 2.28 bits per heavy atom. The molecular weight excluding hydrogens is 436 g/mol. The highest BCUT2D eigenvalue weighted by Crippen LogP contribution is 2.20. The lowest BCUT2D eigenvalue weighted by molar-refractivity contribution is -0.147. The molecule has 2 N–H and O–H groups in total. The Balaban J connectivity index is 1.64.